The third-order valence-electron chi connectivity index (χ3n) is 4.14. The highest BCUT2D eigenvalue weighted by atomic mass is 16.5. The van der Waals surface area contributed by atoms with Crippen LogP contribution in [-0.4, -0.2) is 36.2 Å². The zero-order chi connectivity index (χ0) is 17.8. The standard InChI is InChI=1S/C20H17NO4/c1-25-16-10-7-14(8-11-16)9-12-18(22)21-13-17(19(23)20(21)24)15-5-3-2-4-6-15/h2-12,17H,13H2,1H3/b12-9+/t17-/m0/s1. The lowest BCUT2D eigenvalue weighted by Gasteiger charge is -2.11. The minimum Gasteiger partial charge on any atom is -0.497 e. The van der Waals surface area contributed by atoms with Gasteiger partial charge in [-0.2, -0.15) is 0 Å². The van der Waals surface area contributed by atoms with Crippen molar-refractivity contribution in [1.29, 1.82) is 0 Å². The number of amides is 2. The van der Waals surface area contributed by atoms with E-state index in [1.54, 1.807) is 61.7 Å². The fourth-order valence-electron chi connectivity index (χ4n) is 2.74. The molecular weight excluding hydrogens is 318 g/mol. The van der Waals surface area contributed by atoms with Gasteiger partial charge in [0.2, 0.25) is 5.78 Å². The van der Waals surface area contributed by atoms with E-state index in [1.807, 2.05) is 6.07 Å². The van der Waals surface area contributed by atoms with Crippen molar-refractivity contribution >= 4 is 23.7 Å². The Labute approximate surface area is 145 Å². The van der Waals surface area contributed by atoms with Crippen LogP contribution in [0.3, 0.4) is 0 Å². The van der Waals surface area contributed by atoms with Gasteiger partial charge in [-0.3, -0.25) is 19.3 Å². The molecule has 1 aliphatic heterocycles. The van der Waals surface area contributed by atoms with Gasteiger partial charge in [-0.05, 0) is 29.3 Å². The average molecular weight is 335 g/mol. The zero-order valence-electron chi connectivity index (χ0n) is 13.7. The van der Waals surface area contributed by atoms with Crippen LogP contribution in [0.2, 0.25) is 0 Å². The average Bonchev–Trinajstić information content (AvgIpc) is 2.96. The Morgan fingerprint density at radius 1 is 1.08 bits per heavy atom. The van der Waals surface area contributed by atoms with E-state index in [1.165, 1.54) is 6.08 Å². The number of rotatable bonds is 4. The summed E-state index contributed by atoms with van der Waals surface area (Å²) in [6.45, 7) is 0.0769. The molecule has 0 aliphatic carbocycles. The molecule has 0 spiro atoms. The van der Waals surface area contributed by atoms with Gasteiger partial charge in [0.1, 0.15) is 5.75 Å². The van der Waals surface area contributed by atoms with Crippen molar-refractivity contribution in [2.45, 2.75) is 5.92 Å². The normalized spacial score (nSPS) is 17.3. The summed E-state index contributed by atoms with van der Waals surface area (Å²) >= 11 is 0. The van der Waals surface area contributed by atoms with Crippen LogP contribution in [0.5, 0.6) is 5.75 Å². The molecule has 25 heavy (non-hydrogen) atoms. The Kier molecular flexibility index (Phi) is 4.75. The summed E-state index contributed by atoms with van der Waals surface area (Å²) in [6, 6.07) is 16.2. The molecule has 1 saturated heterocycles. The number of carbonyl (C=O) groups is 3. The topological polar surface area (TPSA) is 63.7 Å². The highest BCUT2D eigenvalue weighted by molar-refractivity contribution is 6.43. The second kappa shape index (κ2) is 7.13. The van der Waals surface area contributed by atoms with E-state index >= 15 is 0 Å². The molecule has 1 atom stereocenters. The van der Waals surface area contributed by atoms with E-state index in [0.717, 1.165) is 21.8 Å². The number of hydrogen-bond donors (Lipinski definition) is 0. The number of methoxy groups -OCH3 is 1. The number of nitrogens with zero attached hydrogens (tertiary/aromatic N) is 1. The highest BCUT2D eigenvalue weighted by Gasteiger charge is 2.41. The van der Waals surface area contributed by atoms with Crippen molar-refractivity contribution in [1.82, 2.24) is 4.90 Å². The zero-order valence-corrected chi connectivity index (χ0v) is 13.7. The van der Waals surface area contributed by atoms with Crippen LogP contribution in [0.25, 0.3) is 6.08 Å². The van der Waals surface area contributed by atoms with Crippen LogP contribution in [0.15, 0.2) is 60.7 Å². The monoisotopic (exact) mass is 335 g/mol. The first kappa shape index (κ1) is 16.6. The minimum absolute atomic E-state index is 0.0769. The lowest BCUT2D eigenvalue weighted by atomic mass is 9.97. The molecule has 5 heteroatoms. The molecule has 1 heterocycles. The summed E-state index contributed by atoms with van der Waals surface area (Å²) in [5.41, 5.74) is 1.54. The second-order valence-corrected chi connectivity index (χ2v) is 5.69. The van der Waals surface area contributed by atoms with Crippen molar-refractivity contribution in [3.8, 4) is 5.75 Å². The van der Waals surface area contributed by atoms with Gasteiger partial charge in [-0.15, -0.1) is 0 Å². The molecule has 3 rings (SSSR count). The first-order valence-corrected chi connectivity index (χ1v) is 7.87. The van der Waals surface area contributed by atoms with Crippen LogP contribution in [-0.2, 0) is 14.4 Å². The number of carbonyl (C=O) groups excluding carboxylic acids is 3. The molecule has 0 aromatic heterocycles. The third kappa shape index (κ3) is 3.50. The Morgan fingerprint density at radius 3 is 2.40 bits per heavy atom. The fourth-order valence-corrected chi connectivity index (χ4v) is 2.74. The van der Waals surface area contributed by atoms with E-state index in [0.29, 0.717) is 0 Å². The van der Waals surface area contributed by atoms with Crippen molar-refractivity contribution in [2.75, 3.05) is 13.7 Å². The number of hydrogen-bond acceptors (Lipinski definition) is 4. The number of ether oxygens (including phenoxy) is 1. The third-order valence-corrected chi connectivity index (χ3v) is 4.14. The van der Waals surface area contributed by atoms with Gasteiger partial charge >= 0.3 is 0 Å². The second-order valence-electron chi connectivity index (χ2n) is 5.69. The quantitative estimate of drug-likeness (QED) is 0.636. The maximum absolute atomic E-state index is 12.3. The van der Waals surface area contributed by atoms with Crippen molar-refractivity contribution < 1.29 is 19.1 Å². The molecule has 1 aliphatic rings. The van der Waals surface area contributed by atoms with Gasteiger partial charge < -0.3 is 4.74 Å². The van der Waals surface area contributed by atoms with E-state index in [2.05, 4.69) is 0 Å². The van der Waals surface area contributed by atoms with Gasteiger partial charge in [0.05, 0.1) is 13.0 Å². The Bertz CT molecular complexity index is 825. The van der Waals surface area contributed by atoms with E-state index in [4.69, 9.17) is 4.74 Å². The van der Waals surface area contributed by atoms with Crippen LogP contribution < -0.4 is 4.74 Å². The summed E-state index contributed by atoms with van der Waals surface area (Å²) < 4.78 is 5.07. The van der Waals surface area contributed by atoms with E-state index in [-0.39, 0.29) is 6.54 Å². The molecule has 2 amide bonds. The smallest absolute Gasteiger partial charge is 0.297 e. The largest absolute Gasteiger partial charge is 0.497 e. The molecule has 0 unspecified atom stereocenters. The summed E-state index contributed by atoms with van der Waals surface area (Å²) in [5, 5.41) is 0. The van der Waals surface area contributed by atoms with Gasteiger partial charge in [0.15, 0.2) is 0 Å². The lowest BCUT2D eigenvalue weighted by molar-refractivity contribution is -0.145. The van der Waals surface area contributed by atoms with Crippen LogP contribution >= 0.6 is 0 Å². The van der Waals surface area contributed by atoms with Gasteiger partial charge in [0, 0.05) is 12.6 Å². The van der Waals surface area contributed by atoms with Crippen molar-refractivity contribution in [2.24, 2.45) is 0 Å². The highest BCUT2D eigenvalue weighted by Crippen LogP contribution is 2.25. The molecular formula is C20H17NO4. The molecule has 2 aromatic carbocycles. The number of benzene rings is 2. The number of ketones is 1. The number of imide groups is 1. The van der Waals surface area contributed by atoms with Gasteiger partial charge in [-0.25, -0.2) is 0 Å². The van der Waals surface area contributed by atoms with Gasteiger partial charge in [0.25, 0.3) is 11.8 Å². The molecule has 0 N–H and O–H groups in total. The lowest BCUT2D eigenvalue weighted by Crippen LogP contribution is -2.32. The van der Waals surface area contributed by atoms with Crippen LogP contribution in [0, 0.1) is 0 Å². The number of likely N-dealkylation sites (tertiary alicyclic amines) is 1. The predicted molar refractivity (Wildman–Crippen MR) is 92.9 cm³/mol. The van der Waals surface area contributed by atoms with E-state index < -0.39 is 23.5 Å². The molecule has 0 bridgehead atoms. The van der Waals surface area contributed by atoms with Crippen LogP contribution in [0.1, 0.15) is 17.0 Å². The van der Waals surface area contributed by atoms with Crippen LogP contribution in [0.4, 0.5) is 0 Å². The molecule has 126 valence electrons. The molecule has 2 aromatic rings. The van der Waals surface area contributed by atoms with Crippen molar-refractivity contribution in [3.63, 3.8) is 0 Å². The summed E-state index contributed by atoms with van der Waals surface area (Å²) in [7, 11) is 1.58. The molecule has 0 radical (unpaired) electrons. The van der Waals surface area contributed by atoms with Gasteiger partial charge in [-0.1, -0.05) is 42.5 Å². The number of Topliss-reactive ketones (excluding diaryl/α,β-unsaturated/α-hetero) is 1. The first-order valence-electron chi connectivity index (χ1n) is 7.87. The maximum Gasteiger partial charge on any atom is 0.297 e. The Morgan fingerprint density at radius 2 is 1.76 bits per heavy atom. The molecule has 0 saturated carbocycles. The molecule has 5 nitrogen and oxygen atoms in total. The Balaban J connectivity index is 1.72. The summed E-state index contributed by atoms with van der Waals surface area (Å²) in [5.74, 6) is -1.66. The van der Waals surface area contributed by atoms with E-state index in [9.17, 15) is 14.4 Å². The predicted octanol–water partition coefficient (Wildman–Crippen LogP) is 2.43. The SMILES string of the molecule is COc1ccc(/C=C/C(=O)N2C[C@@H](c3ccccc3)C(=O)C2=O)cc1. The minimum atomic E-state index is -0.752. The first-order chi connectivity index (χ1) is 12.1. The Hall–Kier alpha value is -3.21. The summed E-state index contributed by atoms with van der Waals surface area (Å²) in [6.07, 6.45) is 2.91. The van der Waals surface area contributed by atoms with Crippen molar-refractivity contribution in [3.05, 3.63) is 71.8 Å². The fraction of sp³-hybridized carbons (Fsp3) is 0.150. The maximum atomic E-state index is 12.3. The molecule has 1 fully saturated rings. The summed E-state index contributed by atoms with van der Waals surface area (Å²) in [4.78, 5) is 37.6.